The van der Waals surface area contributed by atoms with Crippen molar-refractivity contribution in [2.75, 3.05) is 0 Å². The molecule has 1 nitrogen and oxygen atoms in total. The summed E-state index contributed by atoms with van der Waals surface area (Å²) in [7, 11) is 0. The lowest BCUT2D eigenvalue weighted by Gasteiger charge is -2.10. The van der Waals surface area contributed by atoms with Crippen molar-refractivity contribution in [2.24, 2.45) is 0 Å². The van der Waals surface area contributed by atoms with Crippen LogP contribution in [0.25, 0.3) is 10.9 Å². The molecule has 86 valence electrons. The van der Waals surface area contributed by atoms with Gasteiger partial charge in [-0.3, -0.25) is 0 Å². The van der Waals surface area contributed by atoms with Crippen LogP contribution in [0.3, 0.4) is 0 Å². The Labute approximate surface area is 102 Å². The van der Waals surface area contributed by atoms with Gasteiger partial charge < -0.3 is 4.98 Å². The Bertz CT molecular complexity index is 613. The molecule has 1 heteroatoms. The van der Waals surface area contributed by atoms with Crippen molar-refractivity contribution in [1.29, 1.82) is 0 Å². The summed E-state index contributed by atoms with van der Waals surface area (Å²) in [4.78, 5) is 3.41. The third-order valence-electron chi connectivity index (χ3n) is 3.72. The topological polar surface area (TPSA) is 15.8 Å². The first kappa shape index (κ1) is 10.4. The lowest BCUT2D eigenvalue weighted by Crippen LogP contribution is -1.93. The average molecular weight is 223 g/mol. The minimum Gasteiger partial charge on any atom is -0.361 e. The number of para-hydroxylation sites is 1. The molecular formula is C16H17N. The number of allylic oxidation sites excluding steroid dienone is 4. The molecule has 1 aliphatic rings. The van der Waals surface area contributed by atoms with Crippen LogP contribution in [0, 0.1) is 6.92 Å². The third kappa shape index (κ3) is 1.62. The summed E-state index contributed by atoms with van der Waals surface area (Å²) in [6, 6.07) is 6.51. The van der Waals surface area contributed by atoms with Crippen molar-refractivity contribution >= 4 is 10.9 Å². The predicted octanol–water partition coefficient (Wildman–Crippen LogP) is 4.47. The number of rotatable bonds is 2. The molecule has 1 N–H and O–H groups in total. The van der Waals surface area contributed by atoms with Crippen LogP contribution in [0.4, 0.5) is 0 Å². The van der Waals surface area contributed by atoms with Gasteiger partial charge in [0.25, 0.3) is 0 Å². The van der Waals surface area contributed by atoms with Crippen LogP contribution in [0.2, 0.25) is 0 Å². The quantitative estimate of drug-likeness (QED) is 0.773. The van der Waals surface area contributed by atoms with Gasteiger partial charge in [0.1, 0.15) is 0 Å². The lowest BCUT2D eigenvalue weighted by molar-refractivity contribution is 0.933. The first-order chi connectivity index (χ1) is 8.27. The smallest absolute Gasteiger partial charge is 0.0486 e. The molecule has 0 bridgehead atoms. The largest absolute Gasteiger partial charge is 0.361 e. The van der Waals surface area contributed by atoms with E-state index < -0.39 is 0 Å². The Hall–Kier alpha value is -1.76. The van der Waals surface area contributed by atoms with Crippen molar-refractivity contribution in [3.63, 3.8) is 0 Å². The molecule has 1 aromatic carbocycles. The molecule has 1 heterocycles. The highest BCUT2D eigenvalue weighted by Crippen LogP contribution is 2.33. The molecule has 1 atom stereocenters. The zero-order chi connectivity index (χ0) is 11.8. The van der Waals surface area contributed by atoms with E-state index in [4.69, 9.17) is 0 Å². The van der Waals surface area contributed by atoms with Gasteiger partial charge in [-0.1, -0.05) is 43.4 Å². The molecule has 17 heavy (non-hydrogen) atoms. The van der Waals surface area contributed by atoms with E-state index in [1.807, 2.05) is 0 Å². The van der Waals surface area contributed by atoms with Gasteiger partial charge in [0.15, 0.2) is 0 Å². The second-order valence-corrected chi connectivity index (χ2v) is 4.81. The van der Waals surface area contributed by atoms with E-state index in [-0.39, 0.29) is 0 Å². The van der Waals surface area contributed by atoms with E-state index >= 15 is 0 Å². The number of aromatic amines is 1. The van der Waals surface area contributed by atoms with Gasteiger partial charge in [-0.15, -0.1) is 0 Å². The van der Waals surface area contributed by atoms with Gasteiger partial charge >= 0.3 is 0 Å². The van der Waals surface area contributed by atoms with Crippen LogP contribution in [0.5, 0.6) is 0 Å². The summed E-state index contributed by atoms with van der Waals surface area (Å²) in [5.41, 5.74) is 5.43. The van der Waals surface area contributed by atoms with Crippen molar-refractivity contribution < 1.29 is 0 Å². The number of aromatic nitrogens is 1. The molecule has 0 spiro atoms. The van der Waals surface area contributed by atoms with E-state index in [0.717, 1.165) is 6.42 Å². The summed E-state index contributed by atoms with van der Waals surface area (Å²) >= 11 is 0. The number of fused-ring (bicyclic) bond motifs is 1. The molecule has 2 aromatic rings. The summed E-state index contributed by atoms with van der Waals surface area (Å²) in [6.07, 6.45) is 10.0. The second kappa shape index (κ2) is 3.92. The highest BCUT2D eigenvalue weighted by molar-refractivity contribution is 5.86. The van der Waals surface area contributed by atoms with Crippen LogP contribution in [-0.2, 0) is 0 Å². The Kier molecular flexibility index (Phi) is 2.40. The number of hydrogen-bond donors (Lipinski definition) is 1. The van der Waals surface area contributed by atoms with E-state index in [2.05, 4.69) is 61.5 Å². The van der Waals surface area contributed by atoms with Gasteiger partial charge in [0, 0.05) is 23.0 Å². The van der Waals surface area contributed by atoms with Crippen molar-refractivity contribution in [2.45, 2.75) is 26.2 Å². The lowest BCUT2D eigenvalue weighted by atomic mass is 9.93. The number of nitrogens with one attached hydrogen (secondary N) is 1. The first-order valence-corrected chi connectivity index (χ1v) is 6.20. The van der Waals surface area contributed by atoms with Crippen molar-refractivity contribution in [3.8, 4) is 0 Å². The second-order valence-electron chi connectivity index (χ2n) is 4.81. The van der Waals surface area contributed by atoms with Crippen LogP contribution < -0.4 is 0 Å². The highest BCUT2D eigenvalue weighted by Gasteiger charge is 2.15. The van der Waals surface area contributed by atoms with Crippen LogP contribution in [0.15, 0.2) is 48.2 Å². The number of hydrogen-bond acceptors (Lipinski definition) is 0. The normalized spacial score (nSPS) is 16.5. The molecule has 1 aliphatic carbocycles. The molecule has 0 aliphatic heterocycles. The fourth-order valence-corrected chi connectivity index (χ4v) is 2.66. The number of benzene rings is 1. The minimum absolute atomic E-state index is 0.476. The van der Waals surface area contributed by atoms with Gasteiger partial charge in [0.05, 0.1) is 0 Å². The fraction of sp³-hybridized carbons (Fsp3) is 0.250. The monoisotopic (exact) mass is 223 g/mol. The fourth-order valence-electron chi connectivity index (χ4n) is 2.66. The zero-order valence-corrected chi connectivity index (χ0v) is 10.3. The molecule has 0 radical (unpaired) electrons. The van der Waals surface area contributed by atoms with Crippen LogP contribution >= 0.6 is 0 Å². The minimum atomic E-state index is 0.476. The summed E-state index contributed by atoms with van der Waals surface area (Å²) < 4.78 is 0. The van der Waals surface area contributed by atoms with Crippen LogP contribution in [0.1, 0.15) is 30.4 Å². The standard InChI is InChI=1S/C16H17N/c1-11-6-5-9-14-15(10-17-16(11)14)12(2)13-7-3-4-8-13/h3,5-10,12,17H,4H2,1-2H3. The number of aryl methyl sites for hydroxylation is 1. The Balaban J connectivity index is 2.12. The Morgan fingerprint density at radius 3 is 2.94 bits per heavy atom. The maximum Gasteiger partial charge on any atom is 0.0486 e. The van der Waals surface area contributed by atoms with Gasteiger partial charge in [0.2, 0.25) is 0 Å². The summed E-state index contributed by atoms with van der Waals surface area (Å²) in [5, 5.41) is 1.36. The average Bonchev–Trinajstić information content (AvgIpc) is 2.98. The Morgan fingerprint density at radius 2 is 2.18 bits per heavy atom. The predicted molar refractivity (Wildman–Crippen MR) is 73.3 cm³/mol. The number of H-pyrrole nitrogens is 1. The molecule has 0 saturated heterocycles. The zero-order valence-electron chi connectivity index (χ0n) is 10.3. The maximum atomic E-state index is 3.41. The van der Waals surface area contributed by atoms with Crippen LogP contribution in [-0.4, -0.2) is 4.98 Å². The molecule has 0 fully saturated rings. The van der Waals surface area contributed by atoms with Crippen molar-refractivity contribution in [3.05, 3.63) is 59.3 Å². The molecule has 1 unspecified atom stereocenters. The van der Waals surface area contributed by atoms with E-state index in [1.165, 1.54) is 27.6 Å². The van der Waals surface area contributed by atoms with Gasteiger partial charge in [-0.25, -0.2) is 0 Å². The van der Waals surface area contributed by atoms with E-state index in [9.17, 15) is 0 Å². The molecule has 1 aromatic heterocycles. The SMILES string of the molecule is Cc1cccc2c(C(C)C3=CCC=C3)c[nH]c12. The summed E-state index contributed by atoms with van der Waals surface area (Å²) in [6.45, 7) is 4.44. The van der Waals surface area contributed by atoms with Gasteiger partial charge in [-0.2, -0.15) is 0 Å². The Morgan fingerprint density at radius 1 is 1.29 bits per heavy atom. The molecule has 0 amide bonds. The highest BCUT2D eigenvalue weighted by atomic mass is 14.7. The molecule has 0 saturated carbocycles. The molecule has 3 rings (SSSR count). The first-order valence-electron chi connectivity index (χ1n) is 6.20. The maximum absolute atomic E-state index is 3.41. The van der Waals surface area contributed by atoms with Gasteiger partial charge in [-0.05, 0) is 30.0 Å². The van der Waals surface area contributed by atoms with E-state index in [1.54, 1.807) is 0 Å². The van der Waals surface area contributed by atoms with E-state index in [0.29, 0.717) is 5.92 Å². The van der Waals surface area contributed by atoms with Crippen molar-refractivity contribution in [1.82, 2.24) is 4.98 Å². The third-order valence-corrected chi connectivity index (χ3v) is 3.72. The molecular weight excluding hydrogens is 206 g/mol. The summed E-state index contributed by atoms with van der Waals surface area (Å²) in [5.74, 6) is 0.476.